The summed E-state index contributed by atoms with van der Waals surface area (Å²) in [5, 5.41) is 0. The van der Waals surface area contributed by atoms with E-state index in [1.165, 1.54) is 16.9 Å². The molecule has 0 amide bonds. The van der Waals surface area contributed by atoms with Crippen LogP contribution in [0.15, 0.2) is 27.6 Å². The molecule has 1 saturated heterocycles. The van der Waals surface area contributed by atoms with Crippen LogP contribution in [0.5, 0.6) is 0 Å². The number of hydrogen-bond acceptors (Lipinski definition) is 3. The fourth-order valence-electron chi connectivity index (χ4n) is 2.52. The summed E-state index contributed by atoms with van der Waals surface area (Å²) in [6.45, 7) is 6.41. The van der Waals surface area contributed by atoms with E-state index in [2.05, 4.69) is 52.2 Å². The van der Waals surface area contributed by atoms with Crippen molar-refractivity contribution in [3.8, 4) is 0 Å². The highest BCUT2D eigenvalue weighted by molar-refractivity contribution is 9.10. The molecule has 18 heavy (non-hydrogen) atoms. The predicted octanol–water partition coefficient (Wildman–Crippen LogP) is 3.34. The minimum absolute atomic E-state index is 0.314. The van der Waals surface area contributed by atoms with E-state index < -0.39 is 0 Å². The second-order valence-electron chi connectivity index (χ2n) is 5.43. The Bertz CT molecular complexity index is 424. The fourth-order valence-corrected chi connectivity index (χ4v) is 3.67. The molecule has 1 heterocycles. The van der Waals surface area contributed by atoms with E-state index in [-0.39, 0.29) is 0 Å². The lowest BCUT2D eigenvalue weighted by atomic mass is 9.90. The van der Waals surface area contributed by atoms with Crippen LogP contribution in [0.2, 0.25) is 0 Å². The minimum Gasteiger partial charge on any atom is -0.330 e. The summed E-state index contributed by atoms with van der Waals surface area (Å²) in [7, 11) is 0. The van der Waals surface area contributed by atoms with Crippen LogP contribution in [0.25, 0.3) is 0 Å². The van der Waals surface area contributed by atoms with Crippen molar-refractivity contribution in [2.45, 2.75) is 24.8 Å². The summed E-state index contributed by atoms with van der Waals surface area (Å²) in [5.74, 6) is 0. The van der Waals surface area contributed by atoms with Gasteiger partial charge in [0.2, 0.25) is 0 Å². The Kier molecular flexibility index (Phi) is 4.75. The van der Waals surface area contributed by atoms with Gasteiger partial charge in [-0.15, -0.1) is 11.8 Å². The monoisotopic (exact) mass is 328 g/mol. The second-order valence-corrected chi connectivity index (χ2v) is 7.20. The average Bonchev–Trinajstić information content (AvgIpc) is 2.74. The lowest BCUT2D eigenvalue weighted by Crippen LogP contribution is -2.31. The number of nitrogens with zero attached hydrogens (tertiary/aromatic N) is 1. The van der Waals surface area contributed by atoms with Crippen LogP contribution in [-0.4, -0.2) is 30.8 Å². The van der Waals surface area contributed by atoms with Crippen molar-refractivity contribution in [1.29, 1.82) is 0 Å². The van der Waals surface area contributed by atoms with Crippen LogP contribution in [0, 0.1) is 5.41 Å². The lowest BCUT2D eigenvalue weighted by Gasteiger charge is -2.23. The molecule has 0 bridgehead atoms. The molecule has 0 aromatic heterocycles. The molecule has 0 spiro atoms. The Morgan fingerprint density at radius 2 is 2.28 bits per heavy atom. The molecule has 1 fully saturated rings. The summed E-state index contributed by atoms with van der Waals surface area (Å²) in [6, 6.07) is 6.57. The van der Waals surface area contributed by atoms with Crippen LogP contribution in [0.3, 0.4) is 0 Å². The topological polar surface area (TPSA) is 29.3 Å². The van der Waals surface area contributed by atoms with Crippen molar-refractivity contribution in [2.24, 2.45) is 11.1 Å². The third-order valence-electron chi connectivity index (χ3n) is 3.77. The highest BCUT2D eigenvalue weighted by Crippen LogP contribution is 2.31. The maximum atomic E-state index is 5.86. The number of benzene rings is 1. The summed E-state index contributed by atoms with van der Waals surface area (Å²) in [4.78, 5) is 3.89. The third-order valence-corrected chi connectivity index (χ3v) is 5.09. The largest absolute Gasteiger partial charge is 0.330 e. The van der Waals surface area contributed by atoms with E-state index in [1.54, 1.807) is 0 Å². The van der Waals surface area contributed by atoms with Gasteiger partial charge >= 0.3 is 0 Å². The minimum atomic E-state index is 0.314. The van der Waals surface area contributed by atoms with Crippen LogP contribution < -0.4 is 5.73 Å². The lowest BCUT2D eigenvalue weighted by molar-refractivity contribution is 0.273. The van der Waals surface area contributed by atoms with Gasteiger partial charge in [-0.2, -0.15) is 0 Å². The Labute approximate surface area is 122 Å². The molecule has 1 unspecified atom stereocenters. The van der Waals surface area contributed by atoms with Crippen molar-refractivity contribution in [3.63, 3.8) is 0 Å². The summed E-state index contributed by atoms with van der Waals surface area (Å²) in [6.07, 6.45) is 3.36. The van der Waals surface area contributed by atoms with Gasteiger partial charge in [-0.25, -0.2) is 0 Å². The van der Waals surface area contributed by atoms with E-state index >= 15 is 0 Å². The number of likely N-dealkylation sites (tertiary alicyclic amines) is 1. The van der Waals surface area contributed by atoms with Crippen LogP contribution in [0.1, 0.15) is 18.9 Å². The SMILES string of the molecule is CSc1cc(Br)ccc1CN1CCC(C)(CN)C1. The van der Waals surface area contributed by atoms with Crippen molar-refractivity contribution in [2.75, 3.05) is 25.9 Å². The maximum absolute atomic E-state index is 5.86. The smallest absolute Gasteiger partial charge is 0.0245 e. The second kappa shape index (κ2) is 5.95. The van der Waals surface area contributed by atoms with Crippen LogP contribution in [-0.2, 0) is 6.54 Å². The third kappa shape index (κ3) is 3.29. The molecular weight excluding hydrogens is 308 g/mol. The van der Waals surface area contributed by atoms with Gasteiger partial charge in [0, 0.05) is 22.5 Å². The molecule has 1 atom stereocenters. The maximum Gasteiger partial charge on any atom is 0.0245 e. The number of halogens is 1. The molecule has 1 aliphatic heterocycles. The van der Waals surface area contributed by atoms with Crippen molar-refractivity contribution >= 4 is 27.7 Å². The van der Waals surface area contributed by atoms with Crippen LogP contribution >= 0.6 is 27.7 Å². The Morgan fingerprint density at radius 3 is 2.89 bits per heavy atom. The van der Waals surface area contributed by atoms with E-state index in [0.29, 0.717) is 5.41 Å². The summed E-state index contributed by atoms with van der Waals surface area (Å²) in [5.41, 5.74) is 7.60. The van der Waals surface area contributed by atoms with E-state index in [9.17, 15) is 0 Å². The van der Waals surface area contributed by atoms with Gasteiger partial charge in [-0.3, -0.25) is 4.90 Å². The highest BCUT2D eigenvalue weighted by atomic mass is 79.9. The van der Waals surface area contributed by atoms with Gasteiger partial charge in [0.15, 0.2) is 0 Å². The normalized spacial score (nSPS) is 24.7. The molecule has 1 aromatic carbocycles. The van der Waals surface area contributed by atoms with Gasteiger partial charge < -0.3 is 5.73 Å². The average molecular weight is 329 g/mol. The molecule has 0 saturated carbocycles. The Hall–Kier alpha value is -0.0300. The molecular formula is C14H21BrN2S. The quantitative estimate of drug-likeness (QED) is 0.859. The molecule has 2 nitrogen and oxygen atoms in total. The van der Waals surface area contributed by atoms with Gasteiger partial charge in [0.1, 0.15) is 0 Å². The zero-order valence-electron chi connectivity index (χ0n) is 11.1. The molecule has 100 valence electrons. The molecule has 0 radical (unpaired) electrons. The van der Waals surface area contributed by atoms with Gasteiger partial charge in [-0.1, -0.05) is 28.9 Å². The first-order valence-electron chi connectivity index (χ1n) is 6.31. The number of hydrogen-bond donors (Lipinski definition) is 1. The highest BCUT2D eigenvalue weighted by Gasteiger charge is 2.32. The number of nitrogens with two attached hydrogens (primary N) is 1. The molecule has 4 heteroatoms. The van der Waals surface area contributed by atoms with E-state index in [4.69, 9.17) is 5.73 Å². The zero-order chi connectivity index (χ0) is 13.2. The molecule has 2 N–H and O–H groups in total. The van der Waals surface area contributed by atoms with E-state index in [0.717, 1.165) is 30.7 Å². The van der Waals surface area contributed by atoms with Crippen molar-refractivity contribution in [3.05, 3.63) is 28.2 Å². The van der Waals surface area contributed by atoms with Gasteiger partial charge in [0.25, 0.3) is 0 Å². The van der Waals surface area contributed by atoms with Crippen LogP contribution in [0.4, 0.5) is 0 Å². The number of rotatable bonds is 4. The first-order chi connectivity index (χ1) is 8.56. The summed E-state index contributed by atoms with van der Waals surface area (Å²) < 4.78 is 1.16. The molecule has 0 aliphatic carbocycles. The van der Waals surface area contributed by atoms with Gasteiger partial charge in [-0.05, 0) is 48.9 Å². The Morgan fingerprint density at radius 1 is 1.50 bits per heavy atom. The fraction of sp³-hybridized carbons (Fsp3) is 0.571. The van der Waals surface area contributed by atoms with Gasteiger partial charge in [0.05, 0.1) is 0 Å². The number of thioether (sulfide) groups is 1. The summed E-state index contributed by atoms with van der Waals surface area (Å²) >= 11 is 5.35. The standard InChI is InChI=1S/C14H21BrN2S/c1-14(9-16)5-6-17(10-14)8-11-3-4-12(15)7-13(11)18-2/h3-4,7H,5-6,8-10,16H2,1-2H3. The zero-order valence-corrected chi connectivity index (χ0v) is 13.5. The molecule has 1 aromatic rings. The predicted molar refractivity (Wildman–Crippen MR) is 83.0 cm³/mol. The first-order valence-corrected chi connectivity index (χ1v) is 8.33. The van der Waals surface area contributed by atoms with Crippen molar-refractivity contribution in [1.82, 2.24) is 4.90 Å². The van der Waals surface area contributed by atoms with E-state index in [1.807, 2.05) is 11.8 Å². The molecule has 2 rings (SSSR count). The first kappa shape index (κ1) is 14.4. The molecule has 1 aliphatic rings. The Balaban J connectivity index is 2.07. The van der Waals surface area contributed by atoms with Crippen molar-refractivity contribution < 1.29 is 0 Å².